The summed E-state index contributed by atoms with van der Waals surface area (Å²) in [5, 5.41) is 0.649. The van der Waals surface area contributed by atoms with Gasteiger partial charge in [0.1, 0.15) is 11.9 Å². The number of hydrogen-bond acceptors (Lipinski definition) is 4. The summed E-state index contributed by atoms with van der Waals surface area (Å²) in [5.41, 5.74) is 2.71. The van der Waals surface area contributed by atoms with Gasteiger partial charge in [-0.2, -0.15) is 0 Å². The first-order valence-electron chi connectivity index (χ1n) is 6.03. The van der Waals surface area contributed by atoms with Crippen molar-refractivity contribution in [3.63, 3.8) is 0 Å². The molecule has 0 saturated heterocycles. The Kier molecular flexibility index (Phi) is 6.43. The van der Waals surface area contributed by atoms with E-state index in [0.29, 0.717) is 11.6 Å². The molecular weight excluding hydrogens is 252 g/mol. The molecule has 2 atom stereocenters. The average Bonchev–Trinajstić information content (AvgIpc) is 2.29. The lowest BCUT2D eigenvalue weighted by molar-refractivity contribution is 0.0321. The summed E-state index contributed by atoms with van der Waals surface area (Å²) >= 11 is 5.90. The van der Waals surface area contributed by atoms with Gasteiger partial charge in [0.2, 0.25) is 0 Å². The second-order valence-corrected chi connectivity index (χ2v) is 4.87. The summed E-state index contributed by atoms with van der Waals surface area (Å²) < 4.78 is 11.3. The fourth-order valence-electron chi connectivity index (χ4n) is 1.45. The molecule has 1 rings (SSSR count). The molecule has 3 N–H and O–H groups in total. The first kappa shape index (κ1) is 15.2. The van der Waals surface area contributed by atoms with E-state index in [4.69, 9.17) is 26.9 Å². The summed E-state index contributed by atoms with van der Waals surface area (Å²) in [7, 11) is 0. The van der Waals surface area contributed by atoms with E-state index in [-0.39, 0.29) is 18.2 Å². The van der Waals surface area contributed by atoms with Crippen LogP contribution in [-0.2, 0) is 4.74 Å². The molecule has 1 aromatic rings. The molecular formula is C13H21ClN2O2. The predicted molar refractivity (Wildman–Crippen MR) is 73.7 cm³/mol. The summed E-state index contributed by atoms with van der Waals surface area (Å²) in [5.74, 6) is 6.23. The largest absolute Gasteiger partial charge is 0.489 e. The van der Waals surface area contributed by atoms with Crippen LogP contribution in [0.25, 0.3) is 0 Å². The average molecular weight is 273 g/mol. The highest BCUT2D eigenvalue weighted by Gasteiger charge is 2.18. The van der Waals surface area contributed by atoms with Crippen molar-refractivity contribution in [2.75, 3.05) is 6.61 Å². The van der Waals surface area contributed by atoms with Crippen LogP contribution in [0, 0.1) is 0 Å². The van der Waals surface area contributed by atoms with Crippen LogP contribution in [-0.4, -0.2) is 24.9 Å². The van der Waals surface area contributed by atoms with Gasteiger partial charge in [-0.15, -0.1) is 0 Å². The molecule has 0 aliphatic heterocycles. The summed E-state index contributed by atoms with van der Waals surface area (Å²) in [6, 6.07) is 7.21. The van der Waals surface area contributed by atoms with Gasteiger partial charge in [0.25, 0.3) is 0 Å². The van der Waals surface area contributed by atoms with E-state index >= 15 is 0 Å². The molecule has 0 saturated carbocycles. The number of nitrogens with one attached hydrogen (secondary N) is 1. The van der Waals surface area contributed by atoms with Gasteiger partial charge in [0.05, 0.1) is 18.8 Å². The first-order valence-corrected chi connectivity index (χ1v) is 6.40. The van der Waals surface area contributed by atoms with E-state index in [1.165, 1.54) is 0 Å². The molecule has 18 heavy (non-hydrogen) atoms. The Hall–Kier alpha value is -0.810. The second-order valence-electron chi connectivity index (χ2n) is 4.44. The van der Waals surface area contributed by atoms with E-state index in [2.05, 4.69) is 5.43 Å². The predicted octanol–water partition coefficient (Wildman–Crippen LogP) is 2.36. The number of hydrogen-bond donors (Lipinski definition) is 2. The fraction of sp³-hybridized carbons (Fsp3) is 0.538. The summed E-state index contributed by atoms with van der Waals surface area (Å²) in [4.78, 5) is 0. The van der Waals surface area contributed by atoms with E-state index in [1.807, 2.05) is 32.9 Å². The Morgan fingerprint density at radius 1 is 1.33 bits per heavy atom. The molecule has 4 nitrogen and oxygen atoms in total. The minimum absolute atomic E-state index is 0.0774. The van der Waals surface area contributed by atoms with Crippen LogP contribution in [0.5, 0.6) is 5.75 Å². The van der Waals surface area contributed by atoms with E-state index in [1.54, 1.807) is 12.1 Å². The maximum atomic E-state index is 5.90. The summed E-state index contributed by atoms with van der Waals surface area (Å²) in [6.45, 7) is 6.40. The van der Waals surface area contributed by atoms with Crippen LogP contribution in [0.15, 0.2) is 24.3 Å². The van der Waals surface area contributed by atoms with Crippen molar-refractivity contribution in [1.82, 2.24) is 5.43 Å². The number of halogens is 1. The molecule has 0 radical (unpaired) electrons. The molecule has 1 aromatic carbocycles. The van der Waals surface area contributed by atoms with E-state index in [9.17, 15) is 0 Å². The minimum Gasteiger partial charge on any atom is -0.489 e. The molecule has 0 bridgehead atoms. The Labute approximate surface area is 113 Å². The molecule has 0 spiro atoms. The molecule has 0 fully saturated rings. The standard InChI is InChI=1S/C13H21ClN2O2/c1-9(2)17-8-13(16-15)10(3)18-12-6-4-5-11(14)7-12/h4-7,9-10,13,16H,8,15H2,1-3H3. The zero-order valence-corrected chi connectivity index (χ0v) is 11.8. The quantitative estimate of drug-likeness (QED) is 0.591. The van der Waals surface area contributed by atoms with E-state index in [0.717, 1.165) is 5.75 Å². The van der Waals surface area contributed by atoms with E-state index < -0.39 is 0 Å². The van der Waals surface area contributed by atoms with Gasteiger partial charge in [-0.05, 0) is 39.0 Å². The maximum absolute atomic E-state index is 5.90. The van der Waals surface area contributed by atoms with Crippen molar-refractivity contribution in [3.05, 3.63) is 29.3 Å². The highest BCUT2D eigenvalue weighted by Crippen LogP contribution is 2.19. The van der Waals surface area contributed by atoms with Crippen molar-refractivity contribution in [3.8, 4) is 5.75 Å². The monoisotopic (exact) mass is 272 g/mol. The number of benzene rings is 1. The van der Waals surface area contributed by atoms with Crippen LogP contribution < -0.4 is 16.0 Å². The molecule has 5 heteroatoms. The van der Waals surface area contributed by atoms with Crippen molar-refractivity contribution in [2.45, 2.75) is 39.0 Å². The smallest absolute Gasteiger partial charge is 0.121 e. The van der Waals surface area contributed by atoms with Gasteiger partial charge in [-0.25, -0.2) is 0 Å². The lowest BCUT2D eigenvalue weighted by Gasteiger charge is -2.25. The lowest BCUT2D eigenvalue weighted by atomic mass is 10.2. The molecule has 0 aliphatic carbocycles. The van der Waals surface area contributed by atoms with Crippen molar-refractivity contribution in [2.24, 2.45) is 5.84 Å². The van der Waals surface area contributed by atoms with Crippen LogP contribution >= 0.6 is 11.6 Å². The fourth-order valence-corrected chi connectivity index (χ4v) is 1.63. The normalized spacial score (nSPS) is 14.6. The summed E-state index contributed by atoms with van der Waals surface area (Å²) in [6.07, 6.45) is 0.0476. The SMILES string of the molecule is CC(C)OCC(NN)C(C)Oc1cccc(Cl)c1. The Morgan fingerprint density at radius 2 is 2.06 bits per heavy atom. The third-order valence-corrected chi connectivity index (χ3v) is 2.74. The van der Waals surface area contributed by atoms with Crippen molar-refractivity contribution in [1.29, 1.82) is 0 Å². The third-order valence-electron chi connectivity index (χ3n) is 2.51. The molecule has 0 aliphatic rings. The van der Waals surface area contributed by atoms with Crippen LogP contribution in [0.1, 0.15) is 20.8 Å². The van der Waals surface area contributed by atoms with Crippen molar-refractivity contribution >= 4 is 11.6 Å². The molecule has 0 aromatic heterocycles. The molecule has 0 heterocycles. The number of rotatable bonds is 7. The maximum Gasteiger partial charge on any atom is 0.121 e. The van der Waals surface area contributed by atoms with Gasteiger partial charge >= 0.3 is 0 Å². The number of nitrogens with two attached hydrogens (primary N) is 1. The van der Waals surface area contributed by atoms with Crippen molar-refractivity contribution < 1.29 is 9.47 Å². The molecule has 0 amide bonds. The molecule has 2 unspecified atom stereocenters. The van der Waals surface area contributed by atoms with Crippen LogP contribution in [0.2, 0.25) is 5.02 Å². The van der Waals surface area contributed by atoms with Gasteiger partial charge in [0.15, 0.2) is 0 Å². The Morgan fingerprint density at radius 3 is 2.61 bits per heavy atom. The van der Waals surface area contributed by atoms with Gasteiger partial charge in [-0.3, -0.25) is 11.3 Å². The van der Waals surface area contributed by atoms with Gasteiger partial charge < -0.3 is 9.47 Å². The molecule has 102 valence electrons. The topological polar surface area (TPSA) is 56.5 Å². The second kappa shape index (κ2) is 7.59. The number of ether oxygens (including phenoxy) is 2. The minimum atomic E-state index is -0.118. The number of hydrazine groups is 1. The highest BCUT2D eigenvalue weighted by atomic mass is 35.5. The lowest BCUT2D eigenvalue weighted by Crippen LogP contribution is -2.48. The Bertz CT molecular complexity index is 361. The van der Waals surface area contributed by atoms with Crippen LogP contribution in [0.4, 0.5) is 0 Å². The highest BCUT2D eigenvalue weighted by molar-refractivity contribution is 6.30. The Balaban J connectivity index is 2.53. The van der Waals surface area contributed by atoms with Gasteiger partial charge in [-0.1, -0.05) is 17.7 Å². The first-order chi connectivity index (χ1) is 8.52. The zero-order chi connectivity index (χ0) is 13.5. The zero-order valence-electron chi connectivity index (χ0n) is 11.0. The van der Waals surface area contributed by atoms with Crippen LogP contribution in [0.3, 0.4) is 0 Å². The third kappa shape index (κ3) is 5.23. The van der Waals surface area contributed by atoms with Gasteiger partial charge in [0, 0.05) is 5.02 Å².